The first kappa shape index (κ1) is 16.8. The number of anilines is 1. The van der Waals surface area contributed by atoms with Gasteiger partial charge < -0.3 is 20.2 Å². The van der Waals surface area contributed by atoms with Crippen molar-refractivity contribution in [2.24, 2.45) is 0 Å². The van der Waals surface area contributed by atoms with Gasteiger partial charge in [-0.3, -0.25) is 4.79 Å². The van der Waals surface area contributed by atoms with E-state index < -0.39 is 10.7 Å². The molecule has 0 aliphatic rings. The van der Waals surface area contributed by atoms with Crippen molar-refractivity contribution < 1.29 is 14.5 Å². The fourth-order valence-corrected chi connectivity index (χ4v) is 2.12. The second kappa shape index (κ2) is 7.59. The largest absolute Gasteiger partial charge is 0.492 e. The standard InChI is InChI=1S/C14H15ClN4O4/c1-2-23-12-6-4-3-5-11(12)16-13(20)7-8-18-9-10(15)14(17-18)19(21)22/h3-6,9H,2,7-8H2,1H3,(H,16,20). The van der Waals surface area contributed by atoms with Gasteiger partial charge in [-0.15, -0.1) is 0 Å². The molecule has 0 radical (unpaired) electrons. The van der Waals surface area contributed by atoms with Crippen LogP contribution >= 0.6 is 11.6 Å². The molecule has 8 nitrogen and oxygen atoms in total. The molecule has 0 bridgehead atoms. The SMILES string of the molecule is CCOc1ccccc1NC(=O)CCn1cc(Cl)c([N+](=O)[O-])n1. The first-order valence-corrected chi connectivity index (χ1v) is 7.28. The number of hydrogen-bond donors (Lipinski definition) is 1. The number of nitrogens with zero attached hydrogens (tertiary/aromatic N) is 3. The minimum Gasteiger partial charge on any atom is -0.492 e. The molecule has 0 aliphatic heterocycles. The number of nitro groups is 1. The van der Waals surface area contributed by atoms with Crippen LogP contribution in [0.1, 0.15) is 13.3 Å². The predicted octanol–water partition coefficient (Wildman–Crippen LogP) is 2.87. The summed E-state index contributed by atoms with van der Waals surface area (Å²) in [5, 5.41) is 17.1. The number of amides is 1. The van der Waals surface area contributed by atoms with Crippen LogP contribution in [0, 0.1) is 10.1 Å². The van der Waals surface area contributed by atoms with Gasteiger partial charge in [0, 0.05) is 6.42 Å². The molecule has 0 unspecified atom stereocenters. The van der Waals surface area contributed by atoms with Crippen molar-refractivity contribution in [2.75, 3.05) is 11.9 Å². The first-order chi connectivity index (χ1) is 11.0. The van der Waals surface area contributed by atoms with Crippen LogP contribution in [0.15, 0.2) is 30.5 Å². The number of aryl methyl sites for hydroxylation is 1. The highest BCUT2D eigenvalue weighted by Gasteiger charge is 2.19. The lowest BCUT2D eigenvalue weighted by Gasteiger charge is -2.10. The van der Waals surface area contributed by atoms with Crippen molar-refractivity contribution in [3.05, 3.63) is 45.6 Å². The van der Waals surface area contributed by atoms with E-state index in [0.29, 0.717) is 18.0 Å². The van der Waals surface area contributed by atoms with Gasteiger partial charge in [-0.2, -0.15) is 4.68 Å². The Morgan fingerprint density at radius 1 is 1.48 bits per heavy atom. The molecule has 1 heterocycles. The number of carbonyl (C=O) groups excluding carboxylic acids is 1. The van der Waals surface area contributed by atoms with Gasteiger partial charge in [0.1, 0.15) is 5.75 Å². The Hall–Kier alpha value is -2.61. The van der Waals surface area contributed by atoms with Crippen LogP contribution in [0.25, 0.3) is 0 Å². The van der Waals surface area contributed by atoms with Crippen molar-refractivity contribution in [2.45, 2.75) is 19.9 Å². The Kier molecular flexibility index (Phi) is 5.53. The third-order valence-electron chi connectivity index (χ3n) is 2.90. The smallest absolute Gasteiger partial charge is 0.408 e. The quantitative estimate of drug-likeness (QED) is 0.618. The first-order valence-electron chi connectivity index (χ1n) is 6.90. The summed E-state index contributed by atoms with van der Waals surface area (Å²) in [5.41, 5.74) is 0.573. The Morgan fingerprint density at radius 2 is 2.22 bits per heavy atom. The van der Waals surface area contributed by atoms with Gasteiger partial charge in [0.05, 0.1) is 30.1 Å². The zero-order valence-electron chi connectivity index (χ0n) is 12.4. The van der Waals surface area contributed by atoms with E-state index in [1.54, 1.807) is 18.2 Å². The fraction of sp³-hybridized carbons (Fsp3) is 0.286. The second-order valence-corrected chi connectivity index (χ2v) is 4.96. The number of hydrogen-bond acceptors (Lipinski definition) is 5. The molecule has 1 amide bonds. The summed E-state index contributed by atoms with van der Waals surface area (Å²) >= 11 is 5.70. The van der Waals surface area contributed by atoms with Gasteiger partial charge in [-0.1, -0.05) is 23.7 Å². The van der Waals surface area contributed by atoms with Crippen LogP contribution in [-0.4, -0.2) is 27.2 Å². The fourth-order valence-electron chi connectivity index (χ4n) is 1.91. The predicted molar refractivity (Wildman–Crippen MR) is 84.7 cm³/mol. The van der Waals surface area contributed by atoms with Crippen molar-refractivity contribution in [3.63, 3.8) is 0 Å². The van der Waals surface area contributed by atoms with Gasteiger partial charge in [-0.25, -0.2) is 0 Å². The maximum Gasteiger partial charge on any atom is 0.408 e. The third-order valence-corrected chi connectivity index (χ3v) is 3.17. The minimum atomic E-state index is -0.669. The van der Waals surface area contributed by atoms with Crippen LogP contribution in [-0.2, 0) is 11.3 Å². The molecule has 0 aliphatic carbocycles. The van der Waals surface area contributed by atoms with E-state index in [2.05, 4.69) is 10.4 Å². The van der Waals surface area contributed by atoms with Gasteiger partial charge in [0.2, 0.25) is 5.91 Å². The van der Waals surface area contributed by atoms with E-state index in [4.69, 9.17) is 16.3 Å². The van der Waals surface area contributed by atoms with Gasteiger partial charge in [-0.05, 0) is 24.0 Å². The highest BCUT2D eigenvalue weighted by Crippen LogP contribution is 2.24. The minimum absolute atomic E-state index is 0.0582. The summed E-state index contributed by atoms with van der Waals surface area (Å²) in [7, 11) is 0. The number of ether oxygens (including phenoxy) is 1. The summed E-state index contributed by atoms with van der Waals surface area (Å²) in [5.74, 6) is -0.0960. The van der Waals surface area contributed by atoms with Gasteiger partial charge in [0.15, 0.2) is 5.02 Å². The highest BCUT2D eigenvalue weighted by atomic mass is 35.5. The van der Waals surface area contributed by atoms with E-state index in [9.17, 15) is 14.9 Å². The summed E-state index contributed by atoms with van der Waals surface area (Å²) in [6, 6.07) is 7.09. The van der Waals surface area contributed by atoms with E-state index in [-0.39, 0.29) is 23.9 Å². The maximum absolute atomic E-state index is 12.0. The lowest BCUT2D eigenvalue weighted by molar-refractivity contribution is -0.389. The Labute approximate surface area is 137 Å². The summed E-state index contributed by atoms with van der Waals surface area (Å²) in [6.45, 7) is 2.52. The number of aromatic nitrogens is 2. The number of halogens is 1. The van der Waals surface area contributed by atoms with Crippen LogP contribution < -0.4 is 10.1 Å². The molecule has 0 saturated carbocycles. The monoisotopic (exact) mass is 338 g/mol. The molecule has 9 heteroatoms. The van der Waals surface area contributed by atoms with Crippen LogP contribution in [0.3, 0.4) is 0 Å². The molecule has 2 aromatic rings. The zero-order valence-corrected chi connectivity index (χ0v) is 13.1. The summed E-state index contributed by atoms with van der Waals surface area (Å²) in [4.78, 5) is 22.0. The van der Waals surface area contributed by atoms with Crippen molar-refractivity contribution in [3.8, 4) is 5.75 Å². The molecule has 0 spiro atoms. The Bertz CT molecular complexity index is 717. The Balaban J connectivity index is 1.95. The molecule has 122 valence electrons. The van der Waals surface area contributed by atoms with Gasteiger partial charge in [0.25, 0.3) is 0 Å². The van der Waals surface area contributed by atoms with E-state index in [0.717, 1.165) is 0 Å². The summed E-state index contributed by atoms with van der Waals surface area (Å²) in [6.07, 6.45) is 1.41. The molecular weight excluding hydrogens is 324 g/mol. The van der Waals surface area contributed by atoms with E-state index in [1.807, 2.05) is 13.0 Å². The number of carbonyl (C=O) groups is 1. The number of rotatable bonds is 7. The molecule has 23 heavy (non-hydrogen) atoms. The maximum atomic E-state index is 12.0. The molecular formula is C14H15ClN4O4. The summed E-state index contributed by atoms with van der Waals surface area (Å²) < 4.78 is 6.69. The van der Waals surface area contributed by atoms with Crippen LogP contribution in [0.5, 0.6) is 5.75 Å². The third kappa shape index (κ3) is 4.43. The number of para-hydroxylation sites is 2. The Morgan fingerprint density at radius 3 is 2.87 bits per heavy atom. The lowest BCUT2D eigenvalue weighted by atomic mass is 10.2. The average molecular weight is 339 g/mol. The van der Waals surface area contributed by atoms with Crippen LogP contribution in [0.4, 0.5) is 11.5 Å². The highest BCUT2D eigenvalue weighted by molar-refractivity contribution is 6.32. The van der Waals surface area contributed by atoms with E-state index >= 15 is 0 Å². The van der Waals surface area contributed by atoms with Crippen molar-refractivity contribution >= 4 is 29.0 Å². The average Bonchev–Trinajstić information content (AvgIpc) is 2.89. The lowest BCUT2D eigenvalue weighted by Crippen LogP contribution is -2.15. The zero-order chi connectivity index (χ0) is 16.8. The van der Waals surface area contributed by atoms with Gasteiger partial charge >= 0.3 is 5.82 Å². The van der Waals surface area contributed by atoms with Crippen molar-refractivity contribution in [1.29, 1.82) is 0 Å². The molecule has 1 aromatic heterocycles. The van der Waals surface area contributed by atoms with Crippen molar-refractivity contribution in [1.82, 2.24) is 9.78 Å². The molecule has 1 aromatic carbocycles. The number of nitrogens with one attached hydrogen (secondary N) is 1. The van der Waals surface area contributed by atoms with E-state index in [1.165, 1.54) is 10.9 Å². The molecule has 2 rings (SSSR count). The number of benzene rings is 1. The normalized spacial score (nSPS) is 10.3. The molecule has 1 N–H and O–H groups in total. The second-order valence-electron chi connectivity index (χ2n) is 4.55. The van der Waals surface area contributed by atoms with Crippen LogP contribution in [0.2, 0.25) is 5.02 Å². The molecule has 0 atom stereocenters. The molecule has 0 saturated heterocycles. The topological polar surface area (TPSA) is 99.3 Å². The molecule has 0 fully saturated rings.